The van der Waals surface area contributed by atoms with Gasteiger partial charge in [-0.2, -0.15) is 0 Å². The number of benzene rings is 1. The van der Waals surface area contributed by atoms with Crippen molar-refractivity contribution in [1.29, 1.82) is 0 Å². The molecule has 6 nitrogen and oxygen atoms in total. The summed E-state index contributed by atoms with van der Waals surface area (Å²) >= 11 is 0. The molecular formula is C19H18F2N2O4. The van der Waals surface area contributed by atoms with Crippen LogP contribution in [0.15, 0.2) is 48.2 Å². The molecule has 0 saturated heterocycles. The van der Waals surface area contributed by atoms with E-state index in [9.17, 15) is 18.4 Å². The van der Waals surface area contributed by atoms with Gasteiger partial charge in [-0.1, -0.05) is 23.9 Å². The van der Waals surface area contributed by atoms with E-state index in [1.54, 1.807) is 12.2 Å². The molecule has 0 saturated carbocycles. The second kappa shape index (κ2) is 7.30. The Labute approximate surface area is 154 Å². The quantitative estimate of drug-likeness (QED) is 0.632. The summed E-state index contributed by atoms with van der Waals surface area (Å²) in [5.41, 5.74) is -1.07. The Bertz CT molecular complexity index is 832. The number of carbonyl (C=O) groups excluding carboxylic acids is 2. The number of carbonyl (C=O) groups is 2. The Morgan fingerprint density at radius 3 is 2.67 bits per heavy atom. The molecule has 1 aliphatic heterocycles. The predicted octanol–water partition coefficient (Wildman–Crippen LogP) is 2.25. The molecule has 1 heterocycles. The maximum absolute atomic E-state index is 13.4. The number of halogens is 2. The minimum Gasteiger partial charge on any atom is -0.469 e. The molecular weight excluding hydrogens is 358 g/mol. The first-order valence-corrected chi connectivity index (χ1v) is 8.29. The highest BCUT2D eigenvalue weighted by Gasteiger charge is 2.45. The largest absolute Gasteiger partial charge is 0.469 e. The van der Waals surface area contributed by atoms with Gasteiger partial charge in [0.1, 0.15) is 11.6 Å². The standard InChI is InChI=1S/C19H18F2N2O4/c1-3-19(18(25)22-15-5-4-11(8-15)17(24)26-2)10-16(23-27-19)12-6-13(20)9-14(21)7-12/h3-7,9,11,15H,1,8,10H2,2H3,(H,22,25)/t11?,15?,19-/m1/s1. The van der Waals surface area contributed by atoms with Gasteiger partial charge in [0.2, 0.25) is 5.60 Å². The van der Waals surface area contributed by atoms with Gasteiger partial charge in [0, 0.05) is 24.1 Å². The number of methoxy groups -OCH3 is 1. The monoisotopic (exact) mass is 376 g/mol. The summed E-state index contributed by atoms with van der Waals surface area (Å²) in [7, 11) is 1.30. The maximum atomic E-state index is 13.4. The van der Waals surface area contributed by atoms with E-state index in [4.69, 9.17) is 4.84 Å². The number of oxime groups is 1. The maximum Gasteiger partial charge on any atom is 0.312 e. The predicted molar refractivity (Wildman–Crippen MR) is 92.7 cm³/mol. The Balaban J connectivity index is 1.69. The average molecular weight is 376 g/mol. The number of rotatable bonds is 5. The third-order valence-corrected chi connectivity index (χ3v) is 4.56. The van der Waals surface area contributed by atoms with Crippen LogP contribution in [0.4, 0.5) is 8.78 Å². The molecule has 1 amide bonds. The van der Waals surface area contributed by atoms with E-state index in [-0.39, 0.29) is 29.7 Å². The van der Waals surface area contributed by atoms with Gasteiger partial charge < -0.3 is 14.9 Å². The van der Waals surface area contributed by atoms with Crippen molar-refractivity contribution in [2.24, 2.45) is 11.1 Å². The number of amides is 1. The highest BCUT2D eigenvalue weighted by atomic mass is 19.1. The highest BCUT2D eigenvalue weighted by Crippen LogP contribution is 2.30. The van der Waals surface area contributed by atoms with Crippen LogP contribution in [0.25, 0.3) is 0 Å². The van der Waals surface area contributed by atoms with Crippen LogP contribution in [0.1, 0.15) is 18.4 Å². The summed E-state index contributed by atoms with van der Waals surface area (Å²) in [6.07, 6.45) is 5.01. The first-order chi connectivity index (χ1) is 12.9. The fraction of sp³-hybridized carbons (Fsp3) is 0.316. The fourth-order valence-corrected chi connectivity index (χ4v) is 3.07. The SMILES string of the molecule is C=C[C@]1(C(=O)NC2C=CC(C(=O)OC)C2)CC(c2cc(F)cc(F)c2)=NO1. The van der Waals surface area contributed by atoms with E-state index in [0.717, 1.165) is 18.2 Å². The molecule has 0 fully saturated rings. The number of nitrogens with one attached hydrogen (secondary N) is 1. The number of hydrogen-bond acceptors (Lipinski definition) is 5. The summed E-state index contributed by atoms with van der Waals surface area (Å²) in [5, 5.41) is 6.59. The van der Waals surface area contributed by atoms with E-state index in [0.29, 0.717) is 6.42 Å². The van der Waals surface area contributed by atoms with Gasteiger partial charge in [-0.25, -0.2) is 8.78 Å². The number of ether oxygens (including phenoxy) is 1. The molecule has 0 spiro atoms. The van der Waals surface area contributed by atoms with Gasteiger partial charge in [-0.3, -0.25) is 9.59 Å². The molecule has 3 rings (SSSR count). The van der Waals surface area contributed by atoms with Crippen LogP contribution in [0.5, 0.6) is 0 Å². The molecule has 0 radical (unpaired) electrons. The van der Waals surface area contributed by atoms with E-state index < -0.39 is 29.1 Å². The van der Waals surface area contributed by atoms with Gasteiger partial charge >= 0.3 is 5.97 Å². The molecule has 0 aromatic heterocycles. The lowest BCUT2D eigenvalue weighted by Gasteiger charge is -2.23. The Morgan fingerprint density at radius 2 is 2.04 bits per heavy atom. The van der Waals surface area contributed by atoms with Gasteiger partial charge in [-0.15, -0.1) is 0 Å². The van der Waals surface area contributed by atoms with E-state index >= 15 is 0 Å². The molecule has 1 aromatic carbocycles. The van der Waals surface area contributed by atoms with Crippen molar-refractivity contribution in [2.75, 3.05) is 7.11 Å². The summed E-state index contributed by atoms with van der Waals surface area (Å²) in [5.74, 6) is -2.81. The zero-order valence-corrected chi connectivity index (χ0v) is 14.6. The molecule has 3 atom stereocenters. The topological polar surface area (TPSA) is 77.0 Å². The van der Waals surface area contributed by atoms with Crippen LogP contribution in [-0.4, -0.2) is 36.3 Å². The number of esters is 1. The average Bonchev–Trinajstić information content (AvgIpc) is 3.28. The van der Waals surface area contributed by atoms with Crippen LogP contribution in [0, 0.1) is 17.6 Å². The fourth-order valence-electron chi connectivity index (χ4n) is 3.07. The van der Waals surface area contributed by atoms with Gasteiger partial charge in [0.15, 0.2) is 0 Å². The molecule has 0 bridgehead atoms. The second-order valence-electron chi connectivity index (χ2n) is 6.39. The normalized spacial score (nSPS) is 26.3. The van der Waals surface area contributed by atoms with Crippen LogP contribution < -0.4 is 5.32 Å². The Kier molecular flexibility index (Phi) is 5.07. The lowest BCUT2D eigenvalue weighted by Crippen LogP contribution is -2.48. The van der Waals surface area contributed by atoms with Crippen molar-refractivity contribution in [3.63, 3.8) is 0 Å². The lowest BCUT2D eigenvalue weighted by molar-refractivity contribution is -0.144. The zero-order valence-electron chi connectivity index (χ0n) is 14.6. The van der Waals surface area contributed by atoms with Crippen molar-refractivity contribution < 1.29 is 27.9 Å². The van der Waals surface area contributed by atoms with Crippen molar-refractivity contribution >= 4 is 17.6 Å². The summed E-state index contributed by atoms with van der Waals surface area (Å²) in [6, 6.07) is 2.60. The second-order valence-corrected chi connectivity index (χ2v) is 6.39. The number of hydrogen-bond donors (Lipinski definition) is 1. The van der Waals surface area contributed by atoms with E-state index in [1.165, 1.54) is 13.2 Å². The Hall–Kier alpha value is -3.03. The zero-order chi connectivity index (χ0) is 19.6. The molecule has 1 aliphatic carbocycles. The van der Waals surface area contributed by atoms with E-state index in [1.807, 2.05) is 0 Å². The minimum absolute atomic E-state index is 0.0257. The molecule has 142 valence electrons. The van der Waals surface area contributed by atoms with Crippen LogP contribution in [0.3, 0.4) is 0 Å². The highest BCUT2D eigenvalue weighted by molar-refractivity contribution is 6.06. The summed E-state index contributed by atoms with van der Waals surface area (Å²) < 4.78 is 31.6. The molecule has 2 aliphatic rings. The third-order valence-electron chi connectivity index (χ3n) is 4.56. The van der Waals surface area contributed by atoms with Crippen molar-refractivity contribution in [1.82, 2.24) is 5.32 Å². The van der Waals surface area contributed by atoms with E-state index in [2.05, 4.69) is 21.8 Å². The first-order valence-electron chi connectivity index (χ1n) is 8.29. The van der Waals surface area contributed by atoms with Gasteiger partial charge in [0.05, 0.1) is 18.7 Å². The minimum atomic E-state index is -1.49. The molecule has 1 aromatic rings. The summed E-state index contributed by atoms with van der Waals surface area (Å²) in [4.78, 5) is 29.6. The molecule has 2 unspecified atom stereocenters. The summed E-state index contributed by atoms with van der Waals surface area (Å²) in [6.45, 7) is 3.63. The lowest BCUT2D eigenvalue weighted by atomic mass is 9.92. The third kappa shape index (κ3) is 3.74. The Morgan fingerprint density at radius 1 is 1.33 bits per heavy atom. The van der Waals surface area contributed by atoms with Crippen molar-refractivity contribution in [3.8, 4) is 0 Å². The van der Waals surface area contributed by atoms with Gasteiger partial charge in [-0.05, 0) is 24.6 Å². The van der Waals surface area contributed by atoms with Gasteiger partial charge in [0.25, 0.3) is 5.91 Å². The van der Waals surface area contributed by atoms with Crippen molar-refractivity contribution in [2.45, 2.75) is 24.5 Å². The van der Waals surface area contributed by atoms with Crippen LogP contribution >= 0.6 is 0 Å². The first kappa shape index (κ1) is 18.8. The molecule has 1 N–H and O–H groups in total. The molecule has 8 heteroatoms. The van der Waals surface area contributed by atoms with Crippen LogP contribution in [-0.2, 0) is 19.2 Å². The smallest absolute Gasteiger partial charge is 0.312 e. The number of nitrogens with zero attached hydrogens (tertiary/aromatic N) is 1. The van der Waals surface area contributed by atoms with Crippen molar-refractivity contribution in [3.05, 3.63) is 60.2 Å². The van der Waals surface area contributed by atoms with Crippen LogP contribution in [0.2, 0.25) is 0 Å². The molecule has 27 heavy (non-hydrogen) atoms.